The summed E-state index contributed by atoms with van der Waals surface area (Å²) in [7, 11) is 0. The van der Waals surface area contributed by atoms with Gasteiger partial charge in [-0.2, -0.15) is 0 Å². The van der Waals surface area contributed by atoms with Crippen LogP contribution in [0.2, 0.25) is 5.15 Å². The minimum atomic E-state index is -0.296. The van der Waals surface area contributed by atoms with Gasteiger partial charge in [-0.15, -0.1) is 0 Å². The summed E-state index contributed by atoms with van der Waals surface area (Å²) in [5.74, 6) is -0.186. The molecule has 1 aromatic heterocycles. The van der Waals surface area contributed by atoms with Crippen molar-refractivity contribution in [3.8, 4) is 0 Å². The number of rotatable bonds is 5. The highest BCUT2D eigenvalue weighted by Gasteiger charge is 2.32. The van der Waals surface area contributed by atoms with E-state index in [4.69, 9.17) is 11.6 Å². The quantitative estimate of drug-likeness (QED) is 0.717. The maximum Gasteiger partial charge on any atom is 0.238 e. The van der Waals surface area contributed by atoms with Gasteiger partial charge in [0, 0.05) is 11.7 Å². The minimum Gasteiger partial charge on any atom is -0.394 e. The Labute approximate surface area is 117 Å². The molecule has 0 unspecified atom stereocenters. The van der Waals surface area contributed by atoms with Crippen molar-refractivity contribution in [3.05, 3.63) is 23.5 Å². The topological polar surface area (TPSA) is 74.2 Å². The predicted molar refractivity (Wildman–Crippen MR) is 74.2 cm³/mol. The molecular weight excluding hydrogens is 266 g/mol. The first kappa shape index (κ1) is 14.2. The number of hydrogen-bond donors (Lipinski definition) is 3. The first-order valence-electron chi connectivity index (χ1n) is 6.41. The van der Waals surface area contributed by atoms with E-state index < -0.39 is 0 Å². The second-order valence-electron chi connectivity index (χ2n) is 4.89. The summed E-state index contributed by atoms with van der Waals surface area (Å²) < 4.78 is 0. The van der Waals surface area contributed by atoms with Gasteiger partial charge in [0.15, 0.2) is 5.15 Å². The monoisotopic (exact) mass is 283 g/mol. The molecule has 2 rings (SSSR count). The summed E-state index contributed by atoms with van der Waals surface area (Å²) in [5, 5.41) is 15.6. The number of carbonyl (C=O) groups excluding carboxylic acids is 1. The van der Waals surface area contributed by atoms with E-state index >= 15 is 0 Å². The number of halogens is 1. The van der Waals surface area contributed by atoms with Crippen LogP contribution in [0.1, 0.15) is 25.7 Å². The molecule has 0 aromatic carbocycles. The Morgan fingerprint density at radius 2 is 2.21 bits per heavy atom. The molecule has 1 heterocycles. The van der Waals surface area contributed by atoms with E-state index in [1.807, 2.05) is 0 Å². The maximum absolute atomic E-state index is 11.8. The standard InChI is InChI=1S/C13H18ClN3O2/c14-12-10(4-3-7-15-12)17-11(19)8-16-13(9-18)5-1-2-6-13/h3-4,7,16,18H,1-2,5-6,8-9H2,(H,17,19). The summed E-state index contributed by atoms with van der Waals surface area (Å²) in [4.78, 5) is 15.7. The molecule has 1 amide bonds. The fourth-order valence-corrected chi connectivity index (χ4v) is 2.55. The number of nitrogens with one attached hydrogen (secondary N) is 2. The molecule has 1 saturated carbocycles. The Bertz CT molecular complexity index is 447. The number of pyridine rings is 1. The SMILES string of the molecule is O=C(CNC1(CO)CCCC1)Nc1cccnc1Cl. The molecule has 0 spiro atoms. The van der Waals surface area contributed by atoms with Crippen molar-refractivity contribution in [2.24, 2.45) is 0 Å². The molecule has 1 fully saturated rings. The third-order valence-electron chi connectivity index (χ3n) is 3.52. The van der Waals surface area contributed by atoms with E-state index in [0.29, 0.717) is 5.69 Å². The molecule has 1 aliphatic carbocycles. The van der Waals surface area contributed by atoms with Gasteiger partial charge in [-0.1, -0.05) is 24.4 Å². The lowest BCUT2D eigenvalue weighted by atomic mass is 9.99. The molecule has 19 heavy (non-hydrogen) atoms. The number of aliphatic hydroxyl groups is 1. The number of anilines is 1. The van der Waals surface area contributed by atoms with Crippen molar-refractivity contribution in [1.29, 1.82) is 0 Å². The molecule has 6 heteroatoms. The zero-order valence-corrected chi connectivity index (χ0v) is 11.4. The summed E-state index contributed by atoms with van der Waals surface area (Å²) in [6.45, 7) is 0.222. The van der Waals surface area contributed by atoms with Crippen LogP contribution in [0.5, 0.6) is 0 Å². The highest BCUT2D eigenvalue weighted by Crippen LogP contribution is 2.28. The molecule has 5 nitrogen and oxygen atoms in total. The molecular formula is C13H18ClN3O2. The smallest absolute Gasteiger partial charge is 0.238 e. The lowest BCUT2D eigenvalue weighted by Crippen LogP contribution is -2.49. The lowest BCUT2D eigenvalue weighted by Gasteiger charge is -2.27. The largest absolute Gasteiger partial charge is 0.394 e. The van der Waals surface area contributed by atoms with Gasteiger partial charge in [-0.25, -0.2) is 4.98 Å². The Morgan fingerprint density at radius 3 is 2.84 bits per heavy atom. The zero-order valence-electron chi connectivity index (χ0n) is 10.7. The second-order valence-corrected chi connectivity index (χ2v) is 5.25. The molecule has 0 saturated heterocycles. The number of nitrogens with zero attached hydrogens (tertiary/aromatic N) is 1. The lowest BCUT2D eigenvalue weighted by molar-refractivity contribution is -0.115. The first-order chi connectivity index (χ1) is 9.15. The first-order valence-corrected chi connectivity index (χ1v) is 6.79. The van der Waals surface area contributed by atoms with Crippen molar-refractivity contribution >= 4 is 23.2 Å². The number of aromatic nitrogens is 1. The van der Waals surface area contributed by atoms with Gasteiger partial charge in [0.25, 0.3) is 0 Å². The van der Waals surface area contributed by atoms with Gasteiger partial charge < -0.3 is 15.7 Å². The Hall–Kier alpha value is -1.17. The molecule has 0 aliphatic heterocycles. The van der Waals surface area contributed by atoms with E-state index in [9.17, 15) is 9.90 Å². The van der Waals surface area contributed by atoms with Crippen LogP contribution in [0.4, 0.5) is 5.69 Å². The summed E-state index contributed by atoms with van der Waals surface area (Å²) >= 11 is 5.86. The average Bonchev–Trinajstić information content (AvgIpc) is 2.89. The van der Waals surface area contributed by atoms with Crippen LogP contribution in [0.15, 0.2) is 18.3 Å². The zero-order chi connectivity index (χ0) is 13.7. The third kappa shape index (κ3) is 3.65. The van der Waals surface area contributed by atoms with Gasteiger partial charge in [-0.3, -0.25) is 4.79 Å². The van der Waals surface area contributed by atoms with Crippen molar-refractivity contribution in [3.63, 3.8) is 0 Å². The Balaban J connectivity index is 1.86. The molecule has 0 atom stereocenters. The molecule has 1 aromatic rings. The molecule has 1 aliphatic rings. The summed E-state index contributed by atoms with van der Waals surface area (Å²) in [6.07, 6.45) is 5.55. The van der Waals surface area contributed by atoms with Crippen molar-refractivity contribution in [2.75, 3.05) is 18.5 Å². The number of hydrogen-bond acceptors (Lipinski definition) is 4. The van der Waals surface area contributed by atoms with E-state index in [-0.39, 0.29) is 29.8 Å². The van der Waals surface area contributed by atoms with Crippen LogP contribution in [-0.2, 0) is 4.79 Å². The van der Waals surface area contributed by atoms with E-state index in [1.54, 1.807) is 18.3 Å². The van der Waals surface area contributed by atoms with Gasteiger partial charge in [-0.05, 0) is 25.0 Å². The van der Waals surface area contributed by atoms with Gasteiger partial charge >= 0.3 is 0 Å². The fourth-order valence-electron chi connectivity index (χ4n) is 2.38. The van der Waals surface area contributed by atoms with E-state index in [0.717, 1.165) is 25.7 Å². The molecule has 104 valence electrons. The van der Waals surface area contributed by atoms with Crippen LogP contribution < -0.4 is 10.6 Å². The average molecular weight is 284 g/mol. The fraction of sp³-hybridized carbons (Fsp3) is 0.538. The highest BCUT2D eigenvalue weighted by molar-refractivity contribution is 6.32. The molecule has 0 radical (unpaired) electrons. The molecule has 0 bridgehead atoms. The van der Waals surface area contributed by atoms with Crippen LogP contribution in [0.3, 0.4) is 0 Å². The number of aliphatic hydroxyl groups excluding tert-OH is 1. The Morgan fingerprint density at radius 1 is 1.47 bits per heavy atom. The normalized spacial score (nSPS) is 17.4. The van der Waals surface area contributed by atoms with Crippen LogP contribution in [0, 0.1) is 0 Å². The minimum absolute atomic E-state index is 0.0634. The van der Waals surface area contributed by atoms with E-state index in [2.05, 4.69) is 15.6 Å². The third-order valence-corrected chi connectivity index (χ3v) is 3.82. The maximum atomic E-state index is 11.8. The number of amides is 1. The van der Waals surface area contributed by atoms with E-state index in [1.165, 1.54) is 0 Å². The predicted octanol–water partition coefficient (Wildman–Crippen LogP) is 1.57. The Kier molecular flexibility index (Phi) is 4.74. The van der Waals surface area contributed by atoms with Gasteiger partial charge in [0.05, 0.1) is 18.8 Å². The molecule has 3 N–H and O–H groups in total. The van der Waals surface area contributed by atoms with Crippen molar-refractivity contribution in [1.82, 2.24) is 10.3 Å². The van der Waals surface area contributed by atoms with Crippen LogP contribution in [0.25, 0.3) is 0 Å². The van der Waals surface area contributed by atoms with Gasteiger partial charge in [0.2, 0.25) is 5.91 Å². The van der Waals surface area contributed by atoms with Gasteiger partial charge in [0.1, 0.15) is 0 Å². The summed E-state index contributed by atoms with van der Waals surface area (Å²) in [5.41, 5.74) is 0.205. The second kappa shape index (κ2) is 6.32. The van der Waals surface area contributed by atoms with Crippen LogP contribution >= 0.6 is 11.6 Å². The van der Waals surface area contributed by atoms with Crippen molar-refractivity contribution in [2.45, 2.75) is 31.2 Å². The highest BCUT2D eigenvalue weighted by atomic mass is 35.5. The number of carbonyl (C=O) groups is 1. The van der Waals surface area contributed by atoms with Crippen molar-refractivity contribution < 1.29 is 9.90 Å². The summed E-state index contributed by atoms with van der Waals surface area (Å²) in [6, 6.07) is 3.41. The van der Waals surface area contributed by atoms with Crippen LogP contribution in [-0.4, -0.2) is 34.7 Å².